The van der Waals surface area contributed by atoms with Gasteiger partial charge in [-0.1, -0.05) is 35.0 Å². The molecule has 0 aliphatic carbocycles. The van der Waals surface area contributed by atoms with Crippen molar-refractivity contribution in [3.05, 3.63) is 58.6 Å². The molecule has 3 rings (SSSR count). The fourth-order valence-electron chi connectivity index (χ4n) is 2.14. The summed E-state index contributed by atoms with van der Waals surface area (Å²) in [5.41, 5.74) is 1.76. The predicted octanol–water partition coefficient (Wildman–Crippen LogP) is 5.25. The molecule has 0 radical (unpaired) electrons. The van der Waals surface area contributed by atoms with E-state index in [1.54, 1.807) is 0 Å². The van der Waals surface area contributed by atoms with E-state index in [0.29, 0.717) is 21.0 Å². The minimum Gasteiger partial charge on any atom is -0.270 e. The van der Waals surface area contributed by atoms with E-state index in [0.717, 1.165) is 11.3 Å². The van der Waals surface area contributed by atoms with Gasteiger partial charge in [0.15, 0.2) is 11.0 Å². The number of hydrogen-bond acceptors (Lipinski definition) is 4. The smallest absolute Gasteiger partial charge is 0.197 e. The predicted molar refractivity (Wildman–Crippen MR) is 97.7 cm³/mol. The molecule has 2 aromatic carbocycles. The van der Waals surface area contributed by atoms with Crippen LogP contribution in [0.2, 0.25) is 10.0 Å². The van der Waals surface area contributed by atoms with Gasteiger partial charge in [0.1, 0.15) is 0 Å². The van der Waals surface area contributed by atoms with Crippen molar-refractivity contribution in [2.75, 3.05) is 0 Å². The Kier molecular flexibility index (Phi) is 5.10. The quantitative estimate of drug-likeness (QED) is 0.585. The van der Waals surface area contributed by atoms with Gasteiger partial charge in [0.25, 0.3) is 0 Å². The molecule has 3 aromatic rings. The van der Waals surface area contributed by atoms with Crippen LogP contribution in [0.5, 0.6) is 0 Å². The highest BCUT2D eigenvalue weighted by molar-refractivity contribution is 8.00. The van der Waals surface area contributed by atoms with E-state index in [9.17, 15) is 0 Å². The largest absolute Gasteiger partial charge is 0.270 e. The first-order valence-corrected chi connectivity index (χ1v) is 8.75. The lowest BCUT2D eigenvalue weighted by Crippen LogP contribution is -2.01. The highest BCUT2D eigenvalue weighted by Gasteiger charge is 2.18. The summed E-state index contributed by atoms with van der Waals surface area (Å²) in [7, 11) is 0. The lowest BCUT2D eigenvalue weighted by atomic mass is 10.2. The molecule has 1 aromatic heterocycles. The van der Waals surface area contributed by atoms with Crippen molar-refractivity contribution >= 4 is 35.0 Å². The summed E-state index contributed by atoms with van der Waals surface area (Å²) >= 11 is 13.3. The number of aromatic nitrogens is 3. The number of halogens is 2. The normalized spacial score (nSPS) is 11.9. The van der Waals surface area contributed by atoms with Crippen LogP contribution in [0.25, 0.3) is 17.1 Å². The van der Waals surface area contributed by atoms with E-state index in [4.69, 9.17) is 28.5 Å². The van der Waals surface area contributed by atoms with Crippen molar-refractivity contribution in [2.24, 2.45) is 0 Å². The number of hydrogen-bond donors (Lipinski definition) is 0. The van der Waals surface area contributed by atoms with Crippen molar-refractivity contribution in [1.82, 2.24) is 14.8 Å². The first-order chi connectivity index (χ1) is 11.6. The van der Waals surface area contributed by atoms with Gasteiger partial charge in [0.2, 0.25) is 0 Å². The maximum absolute atomic E-state index is 9.09. The fraction of sp³-hybridized carbons (Fsp3) is 0.118. The fourth-order valence-corrected chi connectivity index (χ4v) is 3.15. The van der Waals surface area contributed by atoms with Crippen LogP contribution in [-0.2, 0) is 0 Å². The van der Waals surface area contributed by atoms with E-state index in [1.165, 1.54) is 11.8 Å². The highest BCUT2D eigenvalue weighted by atomic mass is 35.5. The van der Waals surface area contributed by atoms with Gasteiger partial charge in [-0.3, -0.25) is 4.57 Å². The van der Waals surface area contributed by atoms with Crippen molar-refractivity contribution < 1.29 is 0 Å². The molecule has 0 N–H and O–H groups in total. The van der Waals surface area contributed by atoms with Crippen LogP contribution < -0.4 is 0 Å². The third-order valence-corrected chi connectivity index (χ3v) is 4.72. The molecular formula is C17H12Cl2N4S. The third-order valence-electron chi connectivity index (χ3n) is 3.28. The molecule has 0 aliphatic heterocycles. The van der Waals surface area contributed by atoms with Gasteiger partial charge in [-0.05, 0) is 55.5 Å². The Morgan fingerprint density at radius 1 is 1.00 bits per heavy atom. The topological polar surface area (TPSA) is 54.5 Å². The summed E-state index contributed by atoms with van der Waals surface area (Å²) in [5, 5.41) is 19.4. The van der Waals surface area contributed by atoms with Crippen molar-refractivity contribution in [1.29, 1.82) is 5.26 Å². The van der Waals surface area contributed by atoms with Crippen LogP contribution >= 0.6 is 35.0 Å². The molecule has 1 unspecified atom stereocenters. The summed E-state index contributed by atoms with van der Waals surface area (Å²) in [6.07, 6.45) is 0. The van der Waals surface area contributed by atoms with Crippen LogP contribution in [0.3, 0.4) is 0 Å². The summed E-state index contributed by atoms with van der Waals surface area (Å²) in [6, 6.07) is 17.0. The second-order valence-electron chi connectivity index (χ2n) is 5.01. The number of thioether (sulfide) groups is 1. The first-order valence-electron chi connectivity index (χ1n) is 7.12. The molecule has 0 aliphatic rings. The zero-order valence-corrected chi connectivity index (χ0v) is 15.0. The molecule has 1 atom stereocenters. The number of nitrogens with zero attached hydrogens (tertiary/aromatic N) is 4. The lowest BCUT2D eigenvalue weighted by molar-refractivity contribution is 0.883. The molecule has 4 nitrogen and oxygen atoms in total. The van der Waals surface area contributed by atoms with E-state index in [1.807, 2.05) is 60.0 Å². The second kappa shape index (κ2) is 7.27. The molecule has 0 saturated carbocycles. The Morgan fingerprint density at radius 3 is 2.17 bits per heavy atom. The zero-order valence-electron chi connectivity index (χ0n) is 12.6. The SMILES string of the molecule is CC(C#N)Sc1nnc(-c2ccc(Cl)cc2)n1-c1ccc(Cl)cc1. The van der Waals surface area contributed by atoms with Gasteiger partial charge >= 0.3 is 0 Å². The van der Waals surface area contributed by atoms with E-state index in [2.05, 4.69) is 16.3 Å². The van der Waals surface area contributed by atoms with Gasteiger partial charge < -0.3 is 0 Å². The summed E-state index contributed by atoms with van der Waals surface area (Å²) in [5.74, 6) is 0.682. The molecule has 0 bridgehead atoms. The zero-order chi connectivity index (χ0) is 17.1. The van der Waals surface area contributed by atoms with E-state index >= 15 is 0 Å². The van der Waals surface area contributed by atoms with Crippen LogP contribution in [0.1, 0.15) is 6.92 Å². The Balaban J connectivity index is 2.14. The van der Waals surface area contributed by atoms with Gasteiger partial charge in [-0.2, -0.15) is 5.26 Å². The van der Waals surface area contributed by atoms with Gasteiger partial charge in [-0.25, -0.2) is 0 Å². The number of nitriles is 1. The summed E-state index contributed by atoms with van der Waals surface area (Å²) < 4.78 is 1.91. The maximum atomic E-state index is 9.09. The van der Waals surface area contributed by atoms with Crippen molar-refractivity contribution in [2.45, 2.75) is 17.3 Å². The van der Waals surface area contributed by atoms with Gasteiger partial charge in [0.05, 0.1) is 11.3 Å². The Morgan fingerprint density at radius 2 is 1.58 bits per heavy atom. The minimum atomic E-state index is -0.238. The molecule has 24 heavy (non-hydrogen) atoms. The third kappa shape index (κ3) is 3.57. The highest BCUT2D eigenvalue weighted by Crippen LogP contribution is 2.30. The lowest BCUT2D eigenvalue weighted by Gasteiger charge is -2.11. The summed E-state index contributed by atoms with van der Waals surface area (Å²) in [4.78, 5) is 0. The molecular weight excluding hydrogens is 363 g/mol. The average molecular weight is 375 g/mol. The second-order valence-corrected chi connectivity index (χ2v) is 7.19. The van der Waals surface area contributed by atoms with Crippen molar-refractivity contribution in [3.8, 4) is 23.1 Å². The van der Waals surface area contributed by atoms with Gasteiger partial charge in [0, 0.05) is 21.3 Å². The number of benzene rings is 2. The minimum absolute atomic E-state index is 0.238. The standard InChI is InChI=1S/C17H12Cl2N4S/c1-11(10-20)24-17-22-21-16(12-2-4-13(18)5-3-12)23(17)15-8-6-14(19)7-9-15/h2-9,11H,1H3. The monoisotopic (exact) mass is 374 g/mol. The Hall–Kier alpha value is -2.00. The summed E-state index contributed by atoms with van der Waals surface area (Å²) in [6.45, 7) is 1.83. The molecule has 0 amide bonds. The van der Waals surface area contributed by atoms with Crippen LogP contribution in [0.4, 0.5) is 0 Å². The van der Waals surface area contributed by atoms with E-state index < -0.39 is 0 Å². The molecule has 0 saturated heterocycles. The van der Waals surface area contributed by atoms with Crippen LogP contribution in [0.15, 0.2) is 53.7 Å². The van der Waals surface area contributed by atoms with Gasteiger partial charge in [-0.15, -0.1) is 10.2 Å². The molecule has 0 spiro atoms. The Bertz CT molecular complexity index is 882. The average Bonchev–Trinajstić information content (AvgIpc) is 2.99. The first kappa shape index (κ1) is 16.8. The van der Waals surface area contributed by atoms with Crippen LogP contribution in [0, 0.1) is 11.3 Å². The maximum Gasteiger partial charge on any atom is 0.197 e. The molecule has 120 valence electrons. The molecule has 0 fully saturated rings. The molecule has 7 heteroatoms. The van der Waals surface area contributed by atoms with E-state index in [-0.39, 0.29) is 5.25 Å². The number of rotatable bonds is 4. The Labute approximate surface area is 154 Å². The molecule has 1 heterocycles. The van der Waals surface area contributed by atoms with Crippen molar-refractivity contribution in [3.63, 3.8) is 0 Å². The van der Waals surface area contributed by atoms with Crippen LogP contribution in [-0.4, -0.2) is 20.0 Å².